The average Bonchev–Trinajstić information content (AvgIpc) is 3.16. The second-order valence-corrected chi connectivity index (χ2v) is 8.17. The Labute approximate surface area is 181 Å². The SMILES string of the molecule is Cc1cc(C(N)=O)nn1-c1ccc(C(C)(C)c2ccc(-c3ccnc(N)c3)cc2)cc1. The number of amides is 1. The standard InChI is InChI=1S/C25H25N5O/c1-16-14-22(24(27)31)29-30(16)21-10-8-20(9-11-21)25(2,3)19-6-4-17(5-7-19)18-12-13-28-23(26)15-18/h4-15H,1-3H3,(H2,26,28)(H2,27,31). The molecule has 0 atom stereocenters. The molecule has 4 N–H and O–H groups in total. The zero-order valence-electron chi connectivity index (χ0n) is 17.8. The van der Waals surface area contributed by atoms with Gasteiger partial charge in [-0.25, -0.2) is 9.67 Å². The van der Waals surface area contributed by atoms with Gasteiger partial charge >= 0.3 is 0 Å². The normalized spacial score (nSPS) is 11.5. The third-order valence-electron chi connectivity index (χ3n) is 5.69. The second-order valence-electron chi connectivity index (χ2n) is 8.17. The van der Waals surface area contributed by atoms with Crippen LogP contribution in [0.1, 0.15) is 41.2 Å². The van der Waals surface area contributed by atoms with Crippen LogP contribution in [0.3, 0.4) is 0 Å². The molecule has 2 aromatic heterocycles. The molecule has 4 aromatic rings. The molecule has 6 nitrogen and oxygen atoms in total. The molecule has 156 valence electrons. The van der Waals surface area contributed by atoms with Gasteiger partial charge in [-0.2, -0.15) is 5.10 Å². The summed E-state index contributed by atoms with van der Waals surface area (Å²) in [6.45, 7) is 6.30. The summed E-state index contributed by atoms with van der Waals surface area (Å²) in [6.07, 6.45) is 1.72. The van der Waals surface area contributed by atoms with E-state index in [1.807, 2.05) is 31.2 Å². The van der Waals surface area contributed by atoms with Gasteiger partial charge in [0.2, 0.25) is 0 Å². The molecule has 2 aromatic carbocycles. The van der Waals surface area contributed by atoms with Crippen LogP contribution < -0.4 is 11.5 Å². The van der Waals surface area contributed by atoms with Gasteiger partial charge in [0.1, 0.15) is 5.82 Å². The first-order valence-electron chi connectivity index (χ1n) is 10.1. The Morgan fingerprint density at radius 2 is 1.52 bits per heavy atom. The molecule has 0 aliphatic carbocycles. The van der Waals surface area contributed by atoms with Crippen molar-refractivity contribution in [3.05, 3.63) is 95.4 Å². The maximum absolute atomic E-state index is 11.4. The number of hydrogen-bond donors (Lipinski definition) is 2. The molecule has 0 radical (unpaired) electrons. The summed E-state index contributed by atoms with van der Waals surface area (Å²) in [6, 6.07) is 22.3. The number of anilines is 1. The Balaban J connectivity index is 1.61. The topological polar surface area (TPSA) is 99.8 Å². The van der Waals surface area contributed by atoms with E-state index in [9.17, 15) is 4.79 Å². The average molecular weight is 412 g/mol. The number of nitrogens with two attached hydrogens (primary N) is 2. The van der Waals surface area contributed by atoms with Gasteiger partial charge in [0.05, 0.1) is 5.69 Å². The molecule has 0 saturated heterocycles. The van der Waals surface area contributed by atoms with Crippen LogP contribution in [0.2, 0.25) is 0 Å². The highest BCUT2D eigenvalue weighted by Crippen LogP contribution is 2.33. The summed E-state index contributed by atoms with van der Waals surface area (Å²) in [7, 11) is 0. The number of hydrogen-bond acceptors (Lipinski definition) is 4. The van der Waals surface area contributed by atoms with Crippen molar-refractivity contribution in [2.75, 3.05) is 5.73 Å². The summed E-state index contributed by atoms with van der Waals surface area (Å²) in [4.78, 5) is 15.5. The van der Waals surface area contributed by atoms with Crippen LogP contribution in [0.15, 0.2) is 72.9 Å². The van der Waals surface area contributed by atoms with Gasteiger partial charge in [0.25, 0.3) is 5.91 Å². The zero-order chi connectivity index (χ0) is 22.2. The monoisotopic (exact) mass is 411 g/mol. The Bertz CT molecular complexity index is 1240. The number of benzene rings is 2. The largest absolute Gasteiger partial charge is 0.384 e. The Morgan fingerprint density at radius 3 is 2.06 bits per heavy atom. The van der Waals surface area contributed by atoms with E-state index in [2.05, 4.69) is 60.3 Å². The van der Waals surface area contributed by atoms with Crippen molar-refractivity contribution in [2.24, 2.45) is 5.73 Å². The lowest BCUT2D eigenvalue weighted by Crippen LogP contribution is -2.19. The summed E-state index contributed by atoms with van der Waals surface area (Å²) < 4.78 is 1.73. The highest BCUT2D eigenvalue weighted by Gasteiger charge is 2.23. The number of aromatic nitrogens is 3. The van der Waals surface area contributed by atoms with E-state index >= 15 is 0 Å². The number of pyridine rings is 1. The van der Waals surface area contributed by atoms with Crippen molar-refractivity contribution in [3.63, 3.8) is 0 Å². The van der Waals surface area contributed by atoms with E-state index in [4.69, 9.17) is 11.5 Å². The van der Waals surface area contributed by atoms with Crippen LogP contribution in [0.4, 0.5) is 5.82 Å². The van der Waals surface area contributed by atoms with E-state index in [-0.39, 0.29) is 11.1 Å². The van der Waals surface area contributed by atoms with Gasteiger partial charge in [0.15, 0.2) is 5.69 Å². The van der Waals surface area contributed by atoms with Gasteiger partial charge in [-0.1, -0.05) is 50.2 Å². The van der Waals surface area contributed by atoms with Crippen molar-refractivity contribution in [1.29, 1.82) is 0 Å². The highest BCUT2D eigenvalue weighted by atomic mass is 16.1. The number of nitrogen functional groups attached to an aromatic ring is 1. The minimum Gasteiger partial charge on any atom is -0.384 e. The Hall–Kier alpha value is -3.93. The van der Waals surface area contributed by atoms with E-state index < -0.39 is 5.91 Å². The lowest BCUT2D eigenvalue weighted by molar-refractivity contribution is 0.0995. The number of rotatable bonds is 5. The first-order chi connectivity index (χ1) is 14.8. The molecule has 0 aliphatic rings. The second kappa shape index (κ2) is 7.72. The fourth-order valence-electron chi connectivity index (χ4n) is 3.75. The van der Waals surface area contributed by atoms with Gasteiger partial charge < -0.3 is 11.5 Å². The summed E-state index contributed by atoms with van der Waals surface area (Å²) in [5, 5.41) is 4.30. The van der Waals surface area contributed by atoms with Crippen LogP contribution in [-0.4, -0.2) is 20.7 Å². The zero-order valence-corrected chi connectivity index (χ0v) is 17.8. The van der Waals surface area contributed by atoms with Gasteiger partial charge in [0, 0.05) is 17.3 Å². The van der Waals surface area contributed by atoms with Crippen molar-refractivity contribution in [1.82, 2.24) is 14.8 Å². The molecule has 31 heavy (non-hydrogen) atoms. The first kappa shape index (κ1) is 20.3. The molecular weight excluding hydrogens is 386 g/mol. The van der Waals surface area contributed by atoms with Crippen LogP contribution >= 0.6 is 0 Å². The molecule has 0 bridgehead atoms. The molecule has 1 amide bonds. The lowest BCUT2D eigenvalue weighted by atomic mass is 9.78. The number of carbonyl (C=O) groups excluding carboxylic acids is 1. The molecule has 0 spiro atoms. The van der Waals surface area contributed by atoms with Crippen molar-refractivity contribution < 1.29 is 4.79 Å². The number of primary amides is 1. The maximum atomic E-state index is 11.4. The minimum absolute atomic E-state index is 0.189. The minimum atomic E-state index is -0.530. The maximum Gasteiger partial charge on any atom is 0.269 e. The van der Waals surface area contributed by atoms with Crippen molar-refractivity contribution >= 4 is 11.7 Å². The quantitative estimate of drug-likeness (QED) is 0.513. The molecule has 0 saturated carbocycles. The summed E-state index contributed by atoms with van der Waals surface area (Å²) in [5.74, 6) is -0.0186. The number of nitrogens with zero attached hydrogens (tertiary/aromatic N) is 3. The predicted molar refractivity (Wildman–Crippen MR) is 123 cm³/mol. The van der Waals surface area contributed by atoms with E-state index in [0.717, 1.165) is 22.5 Å². The van der Waals surface area contributed by atoms with Gasteiger partial charge in [-0.05, 0) is 59.5 Å². The molecule has 0 aliphatic heterocycles. The number of carbonyl (C=O) groups is 1. The lowest BCUT2D eigenvalue weighted by Gasteiger charge is -2.26. The predicted octanol–water partition coefficient (Wildman–Crippen LogP) is 4.25. The van der Waals surface area contributed by atoms with Gasteiger partial charge in [-0.3, -0.25) is 4.79 Å². The van der Waals surface area contributed by atoms with Crippen LogP contribution in [-0.2, 0) is 5.41 Å². The molecule has 6 heteroatoms. The molecule has 0 fully saturated rings. The highest BCUT2D eigenvalue weighted by molar-refractivity contribution is 5.90. The Morgan fingerprint density at radius 1 is 0.903 bits per heavy atom. The van der Waals surface area contributed by atoms with E-state index in [1.165, 1.54) is 11.1 Å². The fraction of sp³-hybridized carbons (Fsp3) is 0.160. The summed E-state index contributed by atoms with van der Waals surface area (Å²) >= 11 is 0. The molecule has 4 rings (SSSR count). The molecular formula is C25H25N5O. The van der Waals surface area contributed by atoms with E-state index in [1.54, 1.807) is 16.9 Å². The molecule has 2 heterocycles. The molecule has 0 unspecified atom stereocenters. The van der Waals surface area contributed by atoms with E-state index in [0.29, 0.717) is 5.82 Å². The van der Waals surface area contributed by atoms with Crippen LogP contribution in [0, 0.1) is 6.92 Å². The fourth-order valence-corrected chi connectivity index (χ4v) is 3.75. The summed E-state index contributed by atoms with van der Waals surface area (Å²) in [5.41, 5.74) is 17.5. The van der Waals surface area contributed by atoms with Crippen LogP contribution in [0.5, 0.6) is 0 Å². The van der Waals surface area contributed by atoms with Gasteiger partial charge in [-0.15, -0.1) is 0 Å². The van der Waals surface area contributed by atoms with Crippen LogP contribution in [0.25, 0.3) is 16.8 Å². The van der Waals surface area contributed by atoms with Crippen molar-refractivity contribution in [2.45, 2.75) is 26.2 Å². The smallest absolute Gasteiger partial charge is 0.269 e. The first-order valence-corrected chi connectivity index (χ1v) is 10.1. The number of aryl methyl sites for hydroxylation is 1. The Kier molecular flexibility index (Phi) is 5.07. The third-order valence-corrected chi connectivity index (χ3v) is 5.69. The third kappa shape index (κ3) is 3.92. The van der Waals surface area contributed by atoms with Crippen molar-refractivity contribution in [3.8, 4) is 16.8 Å².